The van der Waals surface area contributed by atoms with Gasteiger partial charge in [0, 0.05) is 16.5 Å². The Morgan fingerprint density at radius 1 is 1.11 bits per heavy atom. The quantitative estimate of drug-likeness (QED) is 0.385. The SMILES string of the molecule is C[C@H](c1nnc(SCCOc2ccc(F)cc2)n1-c1ccc(Cl)cc1)N(C)C. The van der Waals surface area contributed by atoms with E-state index in [2.05, 4.69) is 22.0 Å². The topological polar surface area (TPSA) is 43.2 Å². The molecule has 0 bridgehead atoms. The average Bonchev–Trinajstić information content (AvgIpc) is 3.10. The maximum atomic E-state index is 13.0. The highest BCUT2D eigenvalue weighted by Crippen LogP contribution is 2.27. The summed E-state index contributed by atoms with van der Waals surface area (Å²) in [5, 5.41) is 10.3. The van der Waals surface area contributed by atoms with Gasteiger partial charge < -0.3 is 4.74 Å². The summed E-state index contributed by atoms with van der Waals surface area (Å²) in [4.78, 5) is 2.09. The van der Waals surface area contributed by atoms with E-state index in [1.54, 1.807) is 23.9 Å². The Hall–Kier alpha value is -2.09. The molecular formula is C20H22ClFN4OS. The Bertz CT molecular complexity index is 900. The molecule has 0 aliphatic heterocycles. The number of rotatable bonds is 8. The van der Waals surface area contributed by atoms with E-state index in [0.29, 0.717) is 23.1 Å². The van der Waals surface area contributed by atoms with E-state index in [4.69, 9.17) is 16.3 Å². The summed E-state index contributed by atoms with van der Waals surface area (Å²) >= 11 is 7.60. The van der Waals surface area contributed by atoms with Gasteiger partial charge >= 0.3 is 0 Å². The number of ether oxygens (including phenoxy) is 1. The third-order valence-corrected chi connectivity index (χ3v) is 5.43. The van der Waals surface area contributed by atoms with Crippen molar-refractivity contribution in [3.8, 4) is 11.4 Å². The van der Waals surface area contributed by atoms with Gasteiger partial charge in [-0.25, -0.2) is 4.39 Å². The molecule has 0 saturated heterocycles. The highest BCUT2D eigenvalue weighted by atomic mass is 35.5. The Labute approximate surface area is 173 Å². The molecule has 1 heterocycles. The summed E-state index contributed by atoms with van der Waals surface area (Å²) in [6.07, 6.45) is 0. The zero-order valence-corrected chi connectivity index (χ0v) is 17.5. The maximum Gasteiger partial charge on any atom is 0.196 e. The molecule has 2 aromatic carbocycles. The minimum absolute atomic E-state index is 0.0907. The third kappa shape index (κ3) is 5.04. The lowest BCUT2D eigenvalue weighted by Crippen LogP contribution is -2.20. The zero-order valence-electron chi connectivity index (χ0n) is 16.0. The van der Waals surface area contributed by atoms with Gasteiger partial charge in [-0.15, -0.1) is 10.2 Å². The first-order valence-electron chi connectivity index (χ1n) is 8.84. The van der Waals surface area contributed by atoms with Gasteiger partial charge in [-0.3, -0.25) is 9.47 Å². The lowest BCUT2D eigenvalue weighted by molar-refractivity contribution is 0.305. The molecule has 0 N–H and O–H groups in total. The smallest absolute Gasteiger partial charge is 0.196 e. The van der Waals surface area contributed by atoms with E-state index in [1.165, 1.54) is 12.1 Å². The Morgan fingerprint density at radius 3 is 2.43 bits per heavy atom. The molecular weight excluding hydrogens is 399 g/mol. The van der Waals surface area contributed by atoms with Crippen molar-refractivity contribution in [1.82, 2.24) is 19.7 Å². The van der Waals surface area contributed by atoms with Crippen LogP contribution in [0.15, 0.2) is 53.7 Å². The van der Waals surface area contributed by atoms with Crippen molar-refractivity contribution in [3.63, 3.8) is 0 Å². The molecule has 0 aliphatic rings. The van der Waals surface area contributed by atoms with Gasteiger partial charge in [0.1, 0.15) is 11.6 Å². The van der Waals surface area contributed by atoms with Crippen LogP contribution in [0.3, 0.4) is 0 Å². The van der Waals surface area contributed by atoms with Crippen LogP contribution >= 0.6 is 23.4 Å². The second-order valence-corrected chi connectivity index (χ2v) is 7.94. The minimum atomic E-state index is -0.277. The predicted molar refractivity (Wildman–Crippen MR) is 111 cm³/mol. The van der Waals surface area contributed by atoms with Gasteiger partial charge in [-0.05, 0) is 69.6 Å². The van der Waals surface area contributed by atoms with Crippen molar-refractivity contribution >= 4 is 23.4 Å². The fourth-order valence-electron chi connectivity index (χ4n) is 2.53. The number of aromatic nitrogens is 3. The molecule has 28 heavy (non-hydrogen) atoms. The summed E-state index contributed by atoms with van der Waals surface area (Å²) in [5.74, 6) is 1.90. The van der Waals surface area contributed by atoms with Crippen molar-refractivity contribution in [1.29, 1.82) is 0 Å². The molecule has 3 aromatic rings. The number of benzene rings is 2. The van der Waals surface area contributed by atoms with E-state index < -0.39 is 0 Å². The summed E-state index contributed by atoms with van der Waals surface area (Å²) in [6.45, 7) is 2.56. The van der Waals surface area contributed by atoms with Gasteiger partial charge in [0.05, 0.1) is 12.6 Å². The molecule has 0 spiro atoms. The average molecular weight is 421 g/mol. The monoisotopic (exact) mass is 420 g/mol. The Balaban J connectivity index is 1.74. The molecule has 5 nitrogen and oxygen atoms in total. The van der Waals surface area contributed by atoms with Crippen molar-refractivity contribution < 1.29 is 9.13 Å². The first-order valence-corrected chi connectivity index (χ1v) is 10.2. The molecule has 0 amide bonds. The van der Waals surface area contributed by atoms with Gasteiger partial charge in [0.25, 0.3) is 0 Å². The van der Waals surface area contributed by atoms with E-state index in [-0.39, 0.29) is 11.9 Å². The van der Waals surface area contributed by atoms with Crippen LogP contribution in [-0.4, -0.2) is 46.1 Å². The molecule has 0 unspecified atom stereocenters. The number of thioether (sulfide) groups is 1. The molecule has 148 valence electrons. The lowest BCUT2D eigenvalue weighted by atomic mass is 10.2. The van der Waals surface area contributed by atoms with Crippen LogP contribution in [0.2, 0.25) is 5.02 Å². The van der Waals surface area contributed by atoms with Crippen LogP contribution < -0.4 is 4.74 Å². The van der Waals surface area contributed by atoms with Crippen molar-refractivity contribution in [3.05, 3.63) is 65.2 Å². The highest BCUT2D eigenvalue weighted by molar-refractivity contribution is 7.99. The summed E-state index contributed by atoms with van der Waals surface area (Å²) in [6, 6.07) is 13.7. The van der Waals surface area contributed by atoms with Crippen LogP contribution in [-0.2, 0) is 0 Å². The molecule has 0 aliphatic carbocycles. The minimum Gasteiger partial charge on any atom is -0.493 e. The summed E-state index contributed by atoms with van der Waals surface area (Å²) in [7, 11) is 4.02. The molecule has 8 heteroatoms. The number of hydrogen-bond acceptors (Lipinski definition) is 5. The normalized spacial score (nSPS) is 12.4. The predicted octanol–water partition coefficient (Wildman–Crippen LogP) is 4.85. The van der Waals surface area contributed by atoms with Crippen molar-refractivity contribution in [2.24, 2.45) is 0 Å². The lowest BCUT2D eigenvalue weighted by Gasteiger charge is -2.20. The third-order valence-electron chi connectivity index (χ3n) is 4.29. The van der Waals surface area contributed by atoms with E-state index in [1.807, 2.05) is 42.9 Å². The van der Waals surface area contributed by atoms with Gasteiger partial charge in [-0.1, -0.05) is 23.4 Å². The number of halogens is 2. The molecule has 0 fully saturated rings. The van der Waals surface area contributed by atoms with E-state index in [9.17, 15) is 4.39 Å². The van der Waals surface area contributed by atoms with Crippen LogP contribution in [0.4, 0.5) is 4.39 Å². The zero-order chi connectivity index (χ0) is 20.1. The maximum absolute atomic E-state index is 13.0. The fraction of sp³-hybridized carbons (Fsp3) is 0.300. The van der Waals surface area contributed by atoms with E-state index in [0.717, 1.165) is 16.7 Å². The molecule has 0 radical (unpaired) electrons. The number of nitrogens with zero attached hydrogens (tertiary/aromatic N) is 4. The van der Waals surface area contributed by atoms with Crippen molar-refractivity contribution in [2.45, 2.75) is 18.1 Å². The van der Waals surface area contributed by atoms with Gasteiger partial charge in [0.15, 0.2) is 11.0 Å². The molecule has 1 aromatic heterocycles. The Kier molecular flexibility index (Phi) is 6.93. The second-order valence-electron chi connectivity index (χ2n) is 6.44. The summed E-state index contributed by atoms with van der Waals surface area (Å²) < 4.78 is 20.7. The van der Waals surface area contributed by atoms with E-state index >= 15 is 0 Å². The first kappa shape index (κ1) is 20.6. The van der Waals surface area contributed by atoms with Crippen LogP contribution in [0.1, 0.15) is 18.8 Å². The van der Waals surface area contributed by atoms with Crippen LogP contribution in [0.25, 0.3) is 5.69 Å². The summed E-state index contributed by atoms with van der Waals surface area (Å²) in [5.41, 5.74) is 0.958. The standard InChI is InChI=1S/C20H22ClFN4OS/c1-14(25(2)3)19-23-24-20(26(19)17-8-4-15(21)5-9-17)28-13-12-27-18-10-6-16(22)7-11-18/h4-11,14H,12-13H2,1-3H3/t14-/m1/s1. The fourth-order valence-corrected chi connectivity index (χ4v) is 3.43. The number of hydrogen-bond donors (Lipinski definition) is 0. The molecule has 3 rings (SSSR count). The van der Waals surface area contributed by atoms with Gasteiger partial charge in [0.2, 0.25) is 0 Å². The molecule has 1 atom stereocenters. The molecule has 0 saturated carbocycles. The highest BCUT2D eigenvalue weighted by Gasteiger charge is 2.20. The Morgan fingerprint density at radius 2 is 1.79 bits per heavy atom. The van der Waals surface area contributed by atoms with Crippen molar-refractivity contribution in [2.75, 3.05) is 26.5 Å². The largest absolute Gasteiger partial charge is 0.493 e. The van der Waals surface area contributed by atoms with Crippen LogP contribution in [0, 0.1) is 5.82 Å². The van der Waals surface area contributed by atoms with Crippen LogP contribution in [0.5, 0.6) is 5.75 Å². The second kappa shape index (κ2) is 9.41. The first-order chi connectivity index (χ1) is 13.5. The van der Waals surface area contributed by atoms with Gasteiger partial charge in [-0.2, -0.15) is 0 Å².